The Hall–Kier alpha value is -3.17. The summed E-state index contributed by atoms with van der Waals surface area (Å²) in [6.45, 7) is 3.96. The van der Waals surface area contributed by atoms with Crippen molar-refractivity contribution in [1.29, 1.82) is 0 Å². The fourth-order valence-corrected chi connectivity index (χ4v) is 2.95. The number of morpholine rings is 1. The molecule has 1 N–H and O–H groups in total. The van der Waals surface area contributed by atoms with Crippen molar-refractivity contribution in [2.45, 2.75) is 13.1 Å². The molecule has 9 nitrogen and oxygen atoms in total. The van der Waals surface area contributed by atoms with Gasteiger partial charge in [0, 0.05) is 25.3 Å². The van der Waals surface area contributed by atoms with Gasteiger partial charge in [-0.25, -0.2) is 4.79 Å². The van der Waals surface area contributed by atoms with E-state index < -0.39 is 5.76 Å². The SMILES string of the molecule is O=C(Cn1nc(-c2ccco2)oc1=O)Nc1ccc(CN2CCOCC2)cc1. The fraction of sp³-hybridized carbons (Fsp3) is 0.316. The maximum absolute atomic E-state index is 12.2. The molecule has 1 fully saturated rings. The van der Waals surface area contributed by atoms with Crippen molar-refractivity contribution in [3.8, 4) is 11.7 Å². The van der Waals surface area contributed by atoms with Crippen LogP contribution >= 0.6 is 0 Å². The van der Waals surface area contributed by atoms with Crippen molar-refractivity contribution in [2.75, 3.05) is 31.6 Å². The summed E-state index contributed by atoms with van der Waals surface area (Å²) < 4.78 is 16.4. The molecule has 0 bridgehead atoms. The summed E-state index contributed by atoms with van der Waals surface area (Å²) in [5, 5.41) is 6.74. The Labute approximate surface area is 160 Å². The number of rotatable bonds is 6. The van der Waals surface area contributed by atoms with E-state index in [1.165, 1.54) is 6.26 Å². The molecular weight excluding hydrogens is 364 g/mol. The molecular formula is C19H20N4O5. The summed E-state index contributed by atoms with van der Waals surface area (Å²) in [7, 11) is 0. The molecule has 0 saturated carbocycles. The van der Waals surface area contributed by atoms with Gasteiger partial charge in [-0.3, -0.25) is 9.69 Å². The molecule has 0 radical (unpaired) electrons. The van der Waals surface area contributed by atoms with Gasteiger partial charge in [0.25, 0.3) is 5.89 Å². The van der Waals surface area contributed by atoms with Crippen molar-refractivity contribution < 1.29 is 18.4 Å². The van der Waals surface area contributed by atoms with Gasteiger partial charge in [-0.1, -0.05) is 12.1 Å². The second-order valence-corrected chi connectivity index (χ2v) is 6.44. The van der Waals surface area contributed by atoms with Crippen molar-refractivity contribution in [3.63, 3.8) is 0 Å². The number of benzene rings is 1. The molecule has 3 heterocycles. The Morgan fingerprint density at radius 3 is 2.64 bits per heavy atom. The van der Waals surface area contributed by atoms with Crippen LogP contribution in [0.4, 0.5) is 5.69 Å². The van der Waals surface area contributed by atoms with E-state index in [4.69, 9.17) is 13.6 Å². The van der Waals surface area contributed by atoms with E-state index in [9.17, 15) is 9.59 Å². The smallest absolute Gasteiger partial charge is 0.437 e. The molecule has 0 unspecified atom stereocenters. The Morgan fingerprint density at radius 1 is 1.14 bits per heavy atom. The summed E-state index contributed by atoms with van der Waals surface area (Å²) in [5.74, 6) is -0.730. The maximum atomic E-state index is 12.2. The van der Waals surface area contributed by atoms with Crippen LogP contribution in [0.1, 0.15) is 5.56 Å². The number of nitrogens with zero attached hydrogens (tertiary/aromatic N) is 3. The highest BCUT2D eigenvalue weighted by molar-refractivity contribution is 5.90. The molecule has 3 aromatic rings. The van der Waals surface area contributed by atoms with Gasteiger partial charge < -0.3 is 18.9 Å². The lowest BCUT2D eigenvalue weighted by Gasteiger charge is -2.26. The van der Waals surface area contributed by atoms with E-state index in [1.54, 1.807) is 12.1 Å². The second kappa shape index (κ2) is 8.24. The first-order valence-electron chi connectivity index (χ1n) is 8.98. The normalized spacial score (nSPS) is 14.9. The molecule has 1 amide bonds. The van der Waals surface area contributed by atoms with Gasteiger partial charge in [-0.05, 0) is 29.8 Å². The summed E-state index contributed by atoms with van der Waals surface area (Å²) in [5.41, 5.74) is 1.81. The summed E-state index contributed by atoms with van der Waals surface area (Å²) in [4.78, 5) is 26.4. The minimum absolute atomic E-state index is 0.0373. The lowest BCUT2D eigenvalue weighted by atomic mass is 10.2. The summed E-state index contributed by atoms with van der Waals surface area (Å²) in [6.07, 6.45) is 1.45. The molecule has 2 aromatic heterocycles. The molecule has 0 aliphatic carbocycles. The van der Waals surface area contributed by atoms with Crippen molar-refractivity contribution in [3.05, 3.63) is 58.8 Å². The number of nitrogens with one attached hydrogen (secondary N) is 1. The van der Waals surface area contributed by atoms with Crippen LogP contribution in [-0.2, 0) is 22.6 Å². The molecule has 28 heavy (non-hydrogen) atoms. The van der Waals surface area contributed by atoms with E-state index in [1.807, 2.05) is 24.3 Å². The van der Waals surface area contributed by atoms with Crippen molar-refractivity contribution in [2.24, 2.45) is 0 Å². The maximum Gasteiger partial charge on any atom is 0.437 e. The largest absolute Gasteiger partial charge is 0.459 e. The number of carbonyl (C=O) groups excluding carboxylic acids is 1. The van der Waals surface area contributed by atoms with E-state index in [0.29, 0.717) is 11.4 Å². The average Bonchev–Trinajstić information content (AvgIpc) is 3.35. The van der Waals surface area contributed by atoms with Gasteiger partial charge in [0.15, 0.2) is 5.76 Å². The molecule has 0 atom stereocenters. The highest BCUT2D eigenvalue weighted by Crippen LogP contribution is 2.15. The molecule has 146 valence electrons. The van der Waals surface area contributed by atoms with E-state index in [-0.39, 0.29) is 18.3 Å². The van der Waals surface area contributed by atoms with Gasteiger partial charge in [0.05, 0.1) is 19.5 Å². The number of amides is 1. The van der Waals surface area contributed by atoms with Gasteiger partial charge in [-0.15, -0.1) is 5.10 Å². The van der Waals surface area contributed by atoms with Crippen molar-refractivity contribution >= 4 is 11.6 Å². The van der Waals surface area contributed by atoms with Crippen LogP contribution in [0, 0.1) is 0 Å². The number of anilines is 1. The minimum atomic E-state index is -0.720. The third kappa shape index (κ3) is 4.38. The monoisotopic (exact) mass is 384 g/mol. The number of hydrogen-bond acceptors (Lipinski definition) is 7. The Balaban J connectivity index is 1.34. The molecule has 0 spiro atoms. The van der Waals surface area contributed by atoms with Crippen LogP contribution in [0.25, 0.3) is 11.7 Å². The standard InChI is InChI=1S/C19H20N4O5/c24-17(13-23-19(25)28-18(21-23)16-2-1-9-27-16)20-15-5-3-14(4-6-15)12-22-7-10-26-11-8-22/h1-6,9H,7-8,10-13H2,(H,20,24). The Bertz CT molecular complexity index is 969. The second-order valence-electron chi connectivity index (χ2n) is 6.44. The van der Waals surface area contributed by atoms with E-state index >= 15 is 0 Å². The number of aromatic nitrogens is 2. The predicted molar refractivity (Wildman–Crippen MR) is 99.6 cm³/mol. The first-order chi connectivity index (χ1) is 13.7. The summed E-state index contributed by atoms with van der Waals surface area (Å²) >= 11 is 0. The van der Waals surface area contributed by atoms with Gasteiger partial charge in [0.1, 0.15) is 6.54 Å². The van der Waals surface area contributed by atoms with Crippen LogP contribution in [0.3, 0.4) is 0 Å². The van der Waals surface area contributed by atoms with Crippen LogP contribution in [-0.4, -0.2) is 46.9 Å². The number of ether oxygens (including phenoxy) is 1. The third-order valence-electron chi connectivity index (χ3n) is 4.38. The highest BCUT2D eigenvalue weighted by atomic mass is 16.5. The zero-order chi connectivity index (χ0) is 19.3. The van der Waals surface area contributed by atoms with Crippen LogP contribution in [0.5, 0.6) is 0 Å². The van der Waals surface area contributed by atoms with E-state index in [2.05, 4.69) is 15.3 Å². The molecule has 1 aromatic carbocycles. The van der Waals surface area contributed by atoms with Crippen LogP contribution < -0.4 is 11.1 Å². The predicted octanol–water partition coefficient (Wildman–Crippen LogP) is 1.57. The van der Waals surface area contributed by atoms with Gasteiger partial charge in [-0.2, -0.15) is 4.68 Å². The molecule has 1 aliphatic heterocycles. The zero-order valence-electron chi connectivity index (χ0n) is 15.2. The lowest BCUT2D eigenvalue weighted by molar-refractivity contribution is -0.117. The Kier molecular flexibility index (Phi) is 5.36. The van der Waals surface area contributed by atoms with Crippen LogP contribution in [0.2, 0.25) is 0 Å². The summed E-state index contributed by atoms with van der Waals surface area (Å²) in [6, 6.07) is 10.9. The molecule has 4 rings (SSSR count). The van der Waals surface area contributed by atoms with Gasteiger partial charge in [0.2, 0.25) is 5.91 Å². The van der Waals surface area contributed by atoms with Crippen molar-refractivity contribution in [1.82, 2.24) is 14.7 Å². The highest BCUT2D eigenvalue weighted by Gasteiger charge is 2.15. The Morgan fingerprint density at radius 2 is 1.93 bits per heavy atom. The fourth-order valence-electron chi connectivity index (χ4n) is 2.95. The molecule has 9 heteroatoms. The quantitative estimate of drug-likeness (QED) is 0.688. The number of furan rings is 1. The lowest BCUT2D eigenvalue weighted by Crippen LogP contribution is -2.35. The topological polar surface area (TPSA) is 103 Å². The number of hydrogen-bond donors (Lipinski definition) is 1. The van der Waals surface area contributed by atoms with Gasteiger partial charge >= 0.3 is 5.76 Å². The number of carbonyl (C=O) groups is 1. The molecule has 1 aliphatic rings. The minimum Gasteiger partial charge on any atom is -0.459 e. The first kappa shape index (κ1) is 18.2. The van der Waals surface area contributed by atoms with Crippen LogP contribution in [0.15, 0.2) is 56.3 Å². The first-order valence-corrected chi connectivity index (χ1v) is 8.98. The average molecular weight is 384 g/mol. The van der Waals surface area contributed by atoms with E-state index in [0.717, 1.165) is 43.1 Å². The third-order valence-corrected chi connectivity index (χ3v) is 4.38. The molecule has 1 saturated heterocycles. The zero-order valence-corrected chi connectivity index (χ0v) is 15.2.